The molecule has 0 fully saturated rings. The lowest BCUT2D eigenvalue weighted by Gasteiger charge is -2.15. The van der Waals surface area contributed by atoms with Crippen LogP contribution in [0.3, 0.4) is 0 Å². The minimum Gasteiger partial charge on any atom is -0.459 e. The smallest absolute Gasteiger partial charge is 0.303 e. The molecule has 0 radical (unpaired) electrons. The Balaban J connectivity index is 2.74. The molecule has 7 heteroatoms. The van der Waals surface area contributed by atoms with Crippen molar-refractivity contribution in [1.29, 1.82) is 0 Å². The fraction of sp³-hybridized carbons (Fsp3) is 0.474. The molecule has 0 aliphatic rings. The molecular weight excluding hydrogens is 352 g/mol. The quantitative estimate of drug-likeness (QED) is 0.716. The number of hydrogen-bond donors (Lipinski definition) is 0. The first-order chi connectivity index (χ1) is 12.1. The predicted octanol–water partition coefficient (Wildman–Crippen LogP) is 3.74. The summed E-state index contributed by atoms with van der Waals surface area (Å²) in [6.45, 7) is 10.7. The number of carbonyl (C=O) groups excluding carboxylic acids is 1. The summed E-state index contributed by atoms with van der Waals surface area (Å²) in [6.07, 6.45) is 0. The van der Waals surface area contributed by atoms with E-state index in [-0.39, 0.29) is 23.3 Å². The maximum atomic E-state index is 13.4. The van der Waals surface area contributed by atoms with Crippen molar-refractivity contribution in [2.45, 2.75) is 64.9 Å². The van der Waals surface area contributed by atoms with Crippen molar-refractivity contribution in [3.05, 3.63) is 47.0 Å². The van der Waals surface area contributed by atoms with Crippen LogP contribution in [-0.4, -0.2) is 23.3 Å². The largest absolute Gasteiger partial charge is 0.459 e. The van der Waals surface area contributed by atoms with Crippen LogP contribution in [0.4, 0.5) is 0 Å². The van der Waals surface area contributed by atoms with E-state index in [0.717, 1.165) is 5.56 Å². The van der Waals surface area contributed by atoms with E-state index < -0.39 is 16.0 Å². The predicted molar refractivity (Wildman–Crippen MR) is 99.6 cm³/mol. The van der Waals surface area contributed by atoms with Crippen LogP contribution >= 0.6 is 0 Å². The molecule has 1 aromatic heterocycles. The molecule has 0 atom stereocenters. The molecule has 1 heterocycles. The van der Waals surface area contributed by atoms with Crippen LogP contribution in [0.25, 0.3) is 0 Å². The zero-order valence-electron chi connectivity index (χ0n) is 16.1. The van der Waals surface area contributed by atoms with E-state index in [1.165, 1.54) is 10.9 Å². The van der Waals surface area contributed by atoms with Gasteiger partial charge in [-0.3, -0.25) is 4.79 Å². The Kier molecular flexibility index (Phi) is 5.91. The average molecular weight is 378 g/mol. The van der Waals surface area contributed by atoms with Gasteiger partial charge in [0.25, 0.3) is 10.0 Å². The summed E-state index contributed by atoms with van der Waals surface area (Å²) in [5.41, 5.74) is 2.01. The highest BCUT2D eigenvalue weighted by molar-refractivity contribution is 7.90. The second kappa shape index (κ2) is 7.61. The lowest BCUT2D eigenvalue weighted by Crippen LogP contribution is -2.20. The van der Waals surface area contributed by atoms with Gasteiger partial charge in [-0.15, -0.1) is 0 Å². The van der Waals surface area contributed by atoms with Crippen LogP contribution in [0.2, 0.25) is 0 Å². The van der Waals surface area contributed by atoms with Crippen molar-refractivity contribution in [1.82, 2.24) is 8.96 Å². The van der Waals surface area contributed by atoms with Gasteiger partial charge >= 0.3 is 5.97 Å². The lowest BCUT2D eigenvalue weighted by molar-refractivity contribution is -0.142. The van der Waals surface area contributed by atoms with Gasteiger partial charge in [-0.05, 0) is 25.0 Å². The standard InChI is InChI=1S/C19H26N2O4S/c1-12(2)18-17(11-25-15(6)22)21(19(20-18)13(3)4)26(23,24)16-9-7-14(5)8-10-16/h7-10,12-13H,11H2,1-6H3. The molecule has 0 bridgehead atoms. The summed E-state index contributed by atoms with van der Waals surface area (Å²) in [6, 6.07) is 6.68. The van der Waals surface area contributed by atoms with Gasteiger partial charge in [0.15, 0.2) is 0 Å². The molecule has 0 amide bonds. The van der Waals surface area contributed by atoms with E-state index in [2.05, 4.69) is 4.98 Å². The first-order valence-electron chi connectivity index (χ1n) is 8.62. The van der Waals surface area contributed by atoms with Crippen LogP contribution in [0.15, 0.2) is 29.2 Å². The Morgan fingerprint density at radius 3 is 2.15 bits per heavy atom. The number of rotatable bonds is 6. The molecule has 0 saturated carbocycles. The summed E-state index contributed by atoms with van der Waals surface area (Å²) < 4.78 is 33.1. The Hall–Kier alpha value is -2.15. The number of nitrogens with zero attached hydrogens (tertiary/aromatic N) is 2. The van der Waals surface area contributed by atoms with E-state index in [0.29, 0.717) is 17.2 Å². The zero-order chi connectivity index (χ0) is 19.6. The summed E-state index contributed by atoms with van der Waals surface area (Å²) >= 11 is 0. The third-order valence-electron chi connectivity index (χ3n) is 4.02. The Morgan fingerprint density at radius 2 is 1.69 bits per heavy atom. The van der Waals surface area contributed by atoms with E-state index in [1.807, 2.05) is 34.6 Å². The Bertz CT molecular complexity index is 894. The van der Waals surface area contributed by atoms with Crippen molar-refractivity contribution in [2.75, 3.05) is 0 Å². The number of aryl methyl sites for hydroxylation is 1. The zero-order valence-corrected chi connectivity index (χ0v) is 16.9. The van der Waals surface area contributed by atoms with Crippen molar-refractivity contribution >= 4 is 16.0 Å². The molecule has 6 nitrogen and oxygen atoms in total. The molecule has 0 spiro atoms. The van der Waals surface area contributed by atoms with Gasteiger partial charge in [0.05, 0.1) is 16.3 Å². The van der Waals surface area contributed by atoms with Crippen molar-refractivity contribution in [2.24, 2.45) is 0 Å². The normalized spacial score (nSPS) is 12.0. The molecule has 0 aliphatic carbocycles. The topological polar surface area (TPSA) is 78.3 Å². The van der Waals surface area contributed by atoms with Crippen molar-refractivity contribution in [3.8, 4) is 0 Å². The number of esters is 1. The van der Waals surface area contributed by atoms with Gasteiger partial charge in [0.2, 0.25) is 0 Å². The molecule has 142 valence electrons. The van der Waals surface area contributed by atoms with Crippen molar-refractivity contribution < 1.29 is 17.9 Å². The molecule has 2 rings (SSSR count). The second-order valence-corrected chi connectivity index (χ2v) is 8.76. The highest BCUT2D eigenvalue weighted by Gasteiger charge is 2.30. The minimum absolute atomic E-state index is 0.00692. The maximum absolute atomic E-state index is 13.4. The van der Waals surface area contributed by atoms with Gasteiger partial charge in [0, 0.05) is 12.8 Å². The van der Waals surface area contributed by atoms with Crippen LogP contribution in [0, 0.1) is 6.92 Å². The first kappa shape index (κ1) is 20.2. The number of carbonyl (C=O) groups is 1. The number of benzene rings is 1. The summed E-state index contributed by atoms with van der Waals surface area (Å²) in [5.74, 6) is -0.144. The fourth-order valence-electron chi connectivity index (χ4n) is 2.69. The van der Waals surface area contributed by atoms with Gasteiger partial charge in [-0.2, -0.15) is 0 Å². The Labute approximate surface area is 155 Å². The molecule has 2 aromatic rings. The summed E-state index contributed by atoms with van der Waals surface area (Å²) in [4.78, 5) is 16.1. The van der Waals surface area contributed by atoms with Gasteiger partial charge in [0.1, 0.15) is 12.4 Å². The minimum atomic E-state index is -3.86. The lowest BCUT2D eigenvalue weighted by atomic mass is 10.1. The average Bonchev–Trinajstić information content (AvgIpc) is 2.94. The molecule has 0 N–H and O–H groups in total. The molecule has 0 saturated heterocycles. The number of aromatic nitrogens is 2. The number of imidazole rings is 1. The van der Waals surface area contributed by atoms with Crippen LogP contribution in [0.1, 0.15) is 69.2 Å². The third kappa shape index (κ3) is 3.98. The molecule has 1 aromatic carbocycles. The highest BCUT2D eigenvalue weighted by Crippen LogP contribution is 2.29. The van der Waals surface area contributed by atoms with Gasteiger partial charge < -0.3 is 4.74 Å². The highest BCUT2D eigenvalue weighted by atomic mass is 32.2. The van der Waals surface area contributed by atoms with Crippen LogP contribution in [0.5, 0.6) is 0 Å². The first-order valence-corrected chi connectivity index (χ1v) is 10.1. The summed E-state index contributed by atoms with van der Waals surface area (Å²) in [5, 5.41) is 0. The third-order valence-corrected chi connectivity index (χ3v) is 5.77. The number of hydrogen-bond acceptors (Lipinski definition) is 5. The van der Waals surface area contributed by atoms with E-state index in [4.69, 9.17) is 4.74 Å². The molecule has 0 aliphatic heterocycles. The molecule has 0 unspecified atom stereocenters. The SMILES string of the molecule is CC(=O)OCc1c(C(C)C)nc(C(C)C)n1S(=O)(=O)c1ccc(C)cc1. The Morgan fingerprint density at radius 1 is 1.12 bits per heavy atom. The van der Waals surface area contributed by atoms with Crippen LogP contribution in [-0.2, 0) is 26.2 Å². The van der Waals surface area contributed by atoms with Gasteiger partial charge in [-0.1, -0.05) is 45.4 Å². The van der Waals surface area contributed by atoms with Crippen LogP contribution < -0.4 is 0 Å². The maximum Gasteiger partial charge on any atom is 0.303 e. The van der Waals surface area contributed by atoms with E-state index in [9.17, 15) is 13.2 Å². The molecular formula is C19H26N2O4S. The van der Waals surface area contributed by atoms with Gasteiger partial charge in [-0.25, -0.2) is 17.4 Å². The summed E-state index contributed by atoms with van der Waals surface area (Å²) in [7, 11) is -3.86. The molecule has 26 heavy (non-hydrogen) atoms. The second-order valence-electron chi connectivity index (χ2n) is 6.97. The monoisotopic (exact) mass is 378 g/mol. The number of ether oxygens (including phenoxy) is 1. The van der Waals surface area contributed by atoms with E-state index >= 15 is 0 Å². The fourth-order valence-corrected chi connectivity index (χ4v) is 4.31. The van der Waals surface area contributed by atoms with Crippen molar-refractivity contribution in [3.63, 3.8) is 0 Å². The van der Waals surface area contributed by atoms with E-state index in [1.54, 1.807) is 24.3 Å².